The third-order valence-corrected chi connectivity index (χ3v) is 1.94. The molecule has 0 spiro atoms. The average molecular weight is 195 g/mol. The molecule has 74 valence electrons. The summed E-state index contributed by atoms with van der Waals surface area (Å²) in [6.45, 7) is 0. The minimum absolute atomic E-state index is 0.127. The van der Waals surface area contributed by atoms with E-state index in [0.29, 0.717) is 11.1 Å². The summed E-state index contributed by atoms with van der Waals surface area (Å²) in [5, 5.41) is 3.93. The maximum atomic E-state index is 11.1. The van der Waals surface area contributed by atoms with Crippen molar-refractivity contribution < 1.29 is 13.9 Å². The zero-order valence-electron chi connectivity index (χ0n) is 7.77. The number of aromatic nitrogens is 2. The molecule has 0 fully saturated rings. The van der Waals surface area contributed by atoms with Crippen molar-refractivity contribution in [2.45, 2.75) is 0 Å². The fourth-order valence-corrected chi connectivity index (χ4v) is 1.27. The lowest BCUT2D eigenvalue weighted by molar-refractivity contribution is 0.0568. The summed E-state index contributed by atoms with van der Waals surface area (Å²) in [6.07, 6.45) is 0. The largest absolute Gasteiger partial charge is 0.463 e. The third kappa shape index (κ3) is 1.04. The number of nitrogen functional groups attached to an aromatic ring is 1. The molecule has 2 aromatic heterocycles. The first-order valence-electron chi connectivity index (χ1n) is 3.94. The Bertz CT molecular complexity index is 463. The van der Waals surface area contributed by atoms with E-state index >= 15 is 0 Å². The SMILES string of the molecule is COC(=O)c1cc2c(o1)c(N)nn2C. The Labute approximate surface area is 79.2 Å². The molecular weight excluding hydrogens is 186 g/mol. The highest BCUT2D eigenvalue weighted by atomic mass is 16.5. The lowest BCUT2D eigenvalue weighted by atomic mass is 10.4. The molecule has 0 aliphatic rings. The number of anilines is 1. The van der Waals surface area contributed by atoms with E-state index in [0.717, 1.165) is 0 Å². The quantitative estimate of drug-likeness (QED) is 0.671. The molecule has 0 amide bonds. The molecular formula is C8H9N3O3. The third-order valence-electron chi connectivity index (χ3n) is 1.94. The number of hydrogen-bond acceptors (Lipinski definition) is 5. The van der Waals surface area contributed by atoms with Gasteiger partial charge >= 0.3 is 5.97 Å². The summed E-state index contributed by atoms with van der Waals surface area (Å²) in [4.78, 5) is 11.1. The monoisotopic (exact) mass is 195 g/mol. The molecule has 0 atom stereocenters. The van der Waals surface area contributed by atoms with Gasteiger partial charge in [0.1, 0.15) is 5.52 Å². The van der Waals surface area contributed by atoms with E-state index in [1.165, 1.54) is 7.11 Å². The second kappa shape index (κ2) is 2.76. The number of rotatable bonds is 1. The average Bonchev–Trinajstić information content (AvgIpc) is 2.69. The first-order valence-corrected chi connectivity index (χ1v) is 3.94. The van der Waals surface area contributed by atoms with Crippen molar-refractivity contribution in [3.63, 3.8) is 0 Å². The highest BCUT2D eigenvalue weighted by molar-refractivity contribution is 5.94. The number of methoxy groups -OCH3 is 1. The summed E-state index contributed by atoms with van der Waals surface area (Å²) in [5.41, 5.74) is 6.63. The van der Waals surface area contributed by atoms with Crippen LogP contribution in [-0.4, -0.2) is 22.9 Å². The Balaban J connectivity index is 2.63. The van der Waals surface area contributed by atoms with E-state index in [9.17, 15) is 4.79 Å². The van der Waals surface area contributed by atoms with Gasteiger partial charge in [0, 0.05) is 13.1 Å². The van der Waals surface area contributed by atoms with Crippen LogP contribution in [0.1, 0.15) is 10.6 Å². The number of nitrogens with zero attached hydrogens (tertiary/aromatic N) is 2. The van der Waals surface area contributed by atoms with Gasteiger partial charge < -0.3 is 14.9 Å². The number of hydrogen-bond donors (Lipinski definition) is 1. The van der Waals surface area contributed by atoms with Crippen LogP contribution in [0.15, 0.2) is 10.5 Å². The topological polar surface area (TPSA) is 83.3 Å². The first kappa shape index (κ1) is 8.61. The van der Waals surface area contributed by atoms with Gasteiger partial charge in [0.2, 0.25) is 5.76 Å². The molecule has 0 aromatic carbocycles. The van der Waals surface area contributed by atoms with Crippen molar-refractivity contribution in [2.75, 3.05) is 12.8 Å². The standard InChI is InChI=1S/C8H9N3O3/c1-11-4-3-5(8(12)13-2)14-6(4)7(9)10-11/h3H,1-2H3,(H2,9,10). The number of esters is 1. The van der Waals surface area contributed by atoms with E-state index in [1.54, 1.807) is 17.8 Å². The van der Waals surface area contributed by atoms with Crippen molar-refractivity contribution in [1.82, 2.24) is 9.78 Å². The minimum atomic E-state index is -0.527. The minimum Gasteiger partial charge on any atom is -0.463 e. The van der Waals surface area contributed by atoms with Crippen molar-refractivity contribution in [2.24, 2.45) is 7.05 Å². The summed E-state index contributed by atoms with van der Waals surface area (Å²) >= 11 is 0. The maximum Gasteiger partial charge on any atom is 0.374 e. The molecule has 2 aromatic rings. The number of ether oxygens (including phenoxy) is 1. The fraction of sp³-hybridized carbons (Fsp3) is 0.250. The fourth-order valence-electron chi connectivity index (χ4n) is 1.27. The number of carbonyl (C=O) groups is 1. The highest BCUT2D eigenvalue weighted by Crippen LogP contribution is 2.23. The Morgan fingerprint density at radius 2 is 2.43 bits per heavy atom. The smallest absolute Gasteiger partial charge is 0.374 e. The van der Waals surface area contributed by atoms with Gasteiger partial charge in [-0.15, -0.1) is 0 Å². The zero-order valence-corrected chi connectivity index (χ0v) is 7.77. The molecule has 6 nitrogen and oxygen atoms in total. The van der Waals surface area contributed by atoms with Crippen LogP contribution < -0.4 is 5.73 Å². The van der Waals surface area contributed by atoms with E-state index in [4.69, 9.17) is 10.2 Å². The van der Waals surface area contributed by atoms with Crippen molar-refractivity contribution in [1.29, 1.82) is 0 Å². The Morgan fingerprint density at radius 1 is 1.71 bits per heavy atom. The highest BCUT2D eigenvalue weighted by Gasteiger charge is 2.17. The van der Waals surface area contributed by atoms with Crippen LogP contribution >= 0.6 is 0 Å². The number of fused-ring (bicyclic) bond motifs is 1. The predicted octanol–water partition coefficient (Wildman–Crippen LogP) is 0.535. The molecule has 0 aliphatic carbocycles. The van der Waals surface area contributed by atoms with Gasteiger partial charge in [0.25, 0.3) is 0 Å². The Hall–Kier alpha value is -1.98. The molecule has 0 bridgehead atoms. The van der Waals surface area contributed by atoms with Crippen LogP contribution in [0.5, 0.6) is 0 Å². The number of carbonyl (C=O) groups excluding carboxylic acids is 1. The van der Waals surface area contributed by atoms with Crippen LogP contribution in [0, 0.1) is 0 Å². The molecule has 6 heteroatoms. The number of nitrogens with two attached hydrogens (primary N) is 1. The molecule has 14 heavy (non-hydrogen) atoms. The normalized spacial score (nSPS) is 10.7. The van der Waals surface area contributed by atoms with Crippen LogP contribution in [0.2, 0.25) is 0 Å². The Kier molecular flexibility index (Phi) is 1.70. The molecule has 0 saturated heterocycles. The molecule has 2 rings (SSSR count). The molecule has 0 saturated carbocycles. The second-order valence-electron chi connectivity index (χ2n) is 2.83. The Morgan fingerprint density at radius 3 is 3.00 bits per heavy atom. The summed E-state index contributed by atoms with van der Waals surface area (Å²) in [5.74, 6) is -0.138. The van der Waals surface area contributed by atoms with Gasteiger partial charge in [0.15, 0.2) is 11.4 Å². The van der Waals surface area contributed by atoms with Crippen molar-refractivity contribution >= 4 is 22.9 Å². The van der Waals surface area contributed by atoms with Crippen molar-refractivity contribution in [3.8, 4) is 0 Å². The summed E-state index contributed by atoms with van der Waals surface area (Å²) < 4.78 is 11.2. The number of aryl methyl sites for hydroxylation is 1. The van der Waals surface area contributed by atoms with E-state index in [-0.39, 0.29) is 11.6 Å². The molecule has 0 unspecified atom stereocenters. The van der Waals surface area contributed by atoms with E-state index in [1.807, 2.05) is 0 Å². The van der Waals surface area contributed by atoms with Gasteiger partial charge in [-0.2, -0.15) is 5.10 Å². The van der Waals surface area contributed by atoms with Gasteiger partial charge in [-0.05, 0) is 0 Å². The molecule has 0 aliphatic heterocycles. The van der Waals surface area contributed by atoms with Crippen LogP contribution in [-0.2, 0) is 11.8 Å². The van der Waals surface area contributed by atoms with E-state index in [2.05, 4.69) is 9.84 Å². The number of furan rings is 1. The summed E-state index contributed by atoms with van der Waals surface area (Å²) in [6, 6.07) is 1.55. The molecule has 0 radical (unpaired) electrons. The van der Waals surface area contributed by atoms with Gasteiger partial charge in [-0.1, -0.05) is 0 Å². The maximum absolute atomic E-state index is 11.1. The second-order valence-corrected chi connectivity index (χ2v) is 2.83. The zero-order chi connectivity index (χ0) is 10.3. The molecule has 2 heterocycles. The van der Waals surface area contributed by atoms with E-state index < -0.39 is 5.97 Å². The molecule has 2 N–H and O–H groups in total. The first-order chi connectivity index (χ1) is 6.63. The van der Waals surface area contributed by atoms with Crippen LogP contribution in [0.25, 0.3) is 11.1 Å². The lowest BCUT2D eigenvalue weighted by Crippen LogP contribution is -1.99. The van der Waals surface area contributed by atoms with Gasteiger partial charge in [0.05, 0.1) is 7.11 Å². The van der Waals surface area contributed by atoms with Crippen LogP contribution in [0.3, 0.4) is 0 Å². The predicted molar refractivity (Wildman–Crippen MR) is 48.7 cm³/mol. The summed E-state index contributed by atoms with van der Waals surface area (Å²) in [7, 11) is 3.01. The van der Waals surface area contributed by atoms with Gasteiger partial charge in [-0.25, -0.2) is 4.79 Å². The van der Waals surface area contributed by atoms with Gasteiger partial charge in [-0.3, -0.25) is 4.68 Å². The van der Waals surface area contributed by atoms with Crippen molar-refractivity contribution in [3.05, 3.63) is 11.8 Å². The van der Waals surface area contributed by atoms with Crippen LogP contribution in [0.4, 0.5) is 5.82 Å². The lowest BCUT2D eigenvalue weighted by Gasteiger charge is -1.91.